The topological polar surface area (TPSA) is 47.5 Å². The second-order valence-corrected chi connectivity index (χ2v) is 2.81. The van der Waals surface area contributed by atoms with Crippen molar-refractivity contribution in [1.29, 1.82) is 0 Å². The Balaban J connectivity index is 2.94. The molecule has 0 fully saturated rings. The van der Waals surface area contributed by atoms with Crippen molar-refractivity contribution < 1.29 is 4.79 Å². The molecule has 0 heterocycles. The molecule has 1 atom stereocenters. The Morgan fingerprint density at radius 2 is 2.00 bits per heavy atom. The van der Waals surface area contributed by atoms with Gasteiger partial charge in [0.25, 0.3) is 0 Å². The maximum absolute atomic E-state index is 11.3. The van der Waals surface area contributed by atoms with E-state index >= 15 is 0 Å². The van der Waals surface area contributed by atoms with Crippen LogP contribution in [-0.2, 0) is 0 Å². The molecule has 1 unspecified atom stereocenters. The smallest absolute Gasteiger partial charge is 0.187 e. The van der Waals surface area contributed by atoms with Crippen molar-refractivity contribution >= 4 is 11.5 Å². The van der Waals surface area contributed by atoms with E-state index in [0.717, 1.165) is 0 Å². The summed E-state index contributed by atoms with van der Waals surface area (Å²) < 4.78 is 0. The van der Waals surface area contributed by atoms with Crippen LogP contribution in [0.4, 0.5) is 5.69 Å². The molecule has 0 aliphatic carbocycles. The van der Waals surface area contributed by atoms with Gasteiger partial charge in [0.05, 0.1) is 12.6 Å². The number of Topliss-reactive ketones (excluding diaryl/α,β-unsaturated/α-hetero) is 1. The minimum absolute atomic E-state index is 0.100. The van der Waals surface area contributed by atoms with Crippen LogP contribution in [0.15, 0.2) is 24.3 Å². The molecule has 0 spiro atoms. The number of rotatable bonds is 2. The van der Waals surface area contributed by atoms with E-state index in [4.69, 9.17) is 12.3 Å². The highest BCUT2D eigenvalue weighted by Crippen LogP contribution is 2.13. The number of nitrogens with two attached hydrogens (primary N) is 1. The number of benzene rings is 1. The third-order valence-corrected chi connectivity index (χ3v) is 1.69. The number of carbonyl (C=O) groups is 1. The summed E-state index contributed by atoms with van der Waals surface area (Å²) in [6.07, 6.45) is 0. The average molecular weight is 174 g/mol. The van der Waals surface area contributed by atoms with Gasteiger partial charge in [-0.3, -0.25) is 4.79 Å². The molecule has 1 aromatic carbocycles. The van der Waals surface area contributed by atoms with Gasteiger partial charge < -0.3 is 5.73 Å². The SMILES string of the molecule is [C-]#[N+]c1ccc(C(=O)C(C)N)cc1. The van der Waals surface area contributed by atoms with Crippen molar-refractivity contribution in [2.75, 3.05) is 0 Å². The van der Waals surface area contributed by atoms with Gasteiger partial charge in [0, 0.05) is 5.56 Å². The first-order valence-corrected chi connectivity index (χ1v) is 3.92. The molecule has 0 radical (unpaired) electrons. The summed E-state index contributed by atoms with van der Waals surface area (Å²) in [5.74, 6) is -0.100. The van der Waals surface area contributed by atoms with E-state index in [1.54, 1.807) is 31.2 Å². The highest BCUT2D eigenvalue weighted by molar-refractivity contribution is 5.99. The Morgan fingerprint density at radius 3 is 2.38 bits per heavy atom. The number of hydrogen-bond acceptors (Lipinski definition) is 2. The first kappa shape index (κ1) is 9.43. The van der Waals surface area contributed by atoms with Gasteiger partial charge in [-0.25, -0.2) is 4.85 Å². The van der Waals surface area contributed by atoms with Crippen LogP contribution in [0.1, 0.15) is 17.3 Å². The Labute approximate surface area is 77.0 Å². The van der Waals surface area contributed by atoms with E-state index in [9.17, 15) is 4.79 Å². The van der Waals surface area contributed by atoms with Gasteiger partial charge in [-0.15, -0.1) is 0 Å². The number of ketones is 1. The standard InChI is InChI=1S/C10H10N2O/c1-7(11)10(13)8-3-5-9(12-2)6-4-8/h3-7H,11H2,1H3. The van der Waals surface area contributed by atoms with Crippen LogP contribution in [0.25, 0.3) is 4.85 Å². The second-order valence-electron chi connectivity index (χ2n) is 2.81. The molecule has 0 aliphatic heterocycles. The number of nitrogens with zero attached hydrogens (tertiary/aromatic N) is 1. The first-order valence-electron chi connectivity index (χ1n) is 3.92. The largest absolute Gasteiger partial charge is 0.321 e. The highest BCUT2D eigenvalue weighted by atomic mass is 16.1. The summed E-state index contributed by atoms with van der Waals surface area (Å²) in [6.45, 7) is 8.37. The summed E-state index contributed by atoms with van der Waals surface area (Å²) in [6, 6.07) is 5.99. The maximum Gasteiger partial charge on any atom is 0.187 e. The van der Waals surface area contributed by atoms with Gasteiger partial charge in [-0.1, -0.05) is 24.3 Å². The molecule has 0 bridgehead atoms. The first-order chi connectivity index (χ1) is 6.15. The molecular weight excluding hydrogens is 164 g/mol. The van der Waals surface area contributed by atoms with Crippen molar-refractivity contribution in [3.05, 3.63) is 41.2 Å². The number of carbonyl (C=O) groups excluding carboxylic acids is 1. The fourth-order valence-electron chi connectivity index (χ4n) is 0.963. The van der Waals surface area contributed by atoms with Crippen molar-refractivity contribution in [3.8, 4) is 0 Å². The van der Waals surface area contributed by atoms with Gasteiger partial charge >= 0.3 is 0 Å². The lowest BCUT2D eigenvalue weighted by atomic mass is 10.1. The van der Waals surface area contributed by atoms with Crippen LogP contribution < -0.4 is 5.73 Å². The van der Waals surface area contributed by atoms with Crippen LogP contribution in [-0.4, -0.2) is 11.8 Å². The van der Waals surface area contributed by atoms with Crippen molar-refractivity contribution in [1.82, 2.24) is 0 Å². The molecule has 3 nitrogen and oxygen atoms in total. The molecular formula is C10H10N2O. The molecule has 1 rings (SSSR count). The lowest BCUT2D eigenvalue weighted by Gasteiger charge is -2.03. The van der Waals surface area contributed by atoms with E-state index in [1.165, 1.54) is 0 Å². The number of hydrogen-bond donors (Lipinski definition) is 1. The summed E-state index contributed by atoms with van der Waals surface area (Å²) in [7, 11) is 0. The van der Waals surface area contributed by atoms with E-state index < -0.39 is 6.04 Å². The zero-order valence-electron chi connectivity index (χ0n) is 7.32. The van der Waals surface area contributed by atoms with E-state index in [-0.39, 0.29) is 5.78 Å². The van der Waals surface area contributed by atoms with Crippen LogP contribution in [0.5, 0.6) is 0 Å². The second kappa shape index (κ2) is 3.83. The molecule has 0 amide bonds. The average Bonchev–Trinajstić information content (AvgIpc) is 2.17. The summed E-state index contributed by atoms with van der Waals surface area (Å²) >= 11 is 0. The maximum atomic E-state index is 11.3. The van der Waals surface area contributed by atoms with Crippen LogP contribution >= 0.6 is 0 Å². The molecule has 3 heteroatoms. The van der Waals surface area contributed by atoms with Gasteiger partial charge in [-0.2, -0.15) is 0 Å². The van der Waals surface area contributed by atoms with Crippen LogP contribution in [0.2, 0.25) is 0 Å². The normalized spacial score (nSPS) is 11.8. The molecule has 0 aliphatic rings. The predicted molar refractivity (Wildman–Crippen MR) is 50.7 cm³/mol. The third-order valence-electron chi connectivity index (χ3n) is 1.69. The van der Waals surface area contributed by atoms with E-state index in [1.807, 2.05) is 0 Å². The quantitative estimate of drug-likeness (QED) is 0.548. The molecule has 2 N–H and O–H groups in total. The predicted octanol–water partition coefficient (Wildman–Crippen LogP) is 1.77. The fraction of sp³-hybridized carbons (Fsp3) is 0.200. The summed E-state index contributed by atoms with van der Waals surface area (Å²) in [4.78, 5) is 14.6. The van der Waals surface area contributed by atoms with Gasteiger partial charge in [0.2, 0.25) is 0 Å². The van der Waals surface area contributed by atoms with Gasteiger partial charge in [-0.05, 0) is 6.92 Å². The molecule has 0 saturated carbocycles. The van der Waals surface area contributed by atoms with Crippen LogP contribution in [0, 0.1) is 6.57 Å². The Bertz CT molecular complexity index is 346. The monoisotopic (exact) mass is 174 g/mol. The zero-order chi connectivity index (χ0) is 9.84. The minimum atomic E-state index is -0.487. The Hall–Kier alpha value is -1.66. The third kappa shape index (κ3) is 2.14. The molecule has 0 aromatic heterocycles. The lowest BCUT2D eigenvalue weighted by Crippen LogP contribution is -2.26. The molecule has 0 saturated heterocycles. The van der Waals surface area contributed by atoms with Crippen molar-refractivity contribution in [2.24, 2.45) is 5.73 Å². The van der Waals surface area contributed by atoms with Crippen molar-refractivity contribution in [2.45, 2.75) is 13.0 Å². The highest BCUT2D eigenvalue weighted by Gasteiger charge is 2.09. The Kier molecular flexibility index (Phi) is 2.78. The van der Waals surface area contributed by atoms with E-state index in [2.05, 4.69) is 4.85 Å². The summed E-state index contributed by atoms with van der Waals surface area (Å²) in [5.41, 5.74) is 6.52. The molecule has 66 valence electrons. The molecule has 13 heavy (non-hydrogen) atoms. The van der Waals surface area contributed by atoms with E-state index in [0.29, 0.717) is 11.3 Å². The fourth-order valence-corrected chi connectivity index (χ4v) is 0.963. The summed E-state index contributed by atoms with van der Waals surface area (Å²) in [5, 5.41) is 0. The Morgan fingerprint density at radius 1 is 1.46 bits per heavy atom. The van der Waals surface area contributed by atoms with Gasteiger partial charge in [0.1, 0.15) is 0 Å². The lowest BCUT2D eigenvalue weighted by molar-refractivity contribution is 0.0968. The van der Waals surface area contributed by atoms with Crippen molar-refractivity contribution in [3.63, 3.8) is 0 Å². The van der Waals surface area contributed by atoms with Gasteiger partial charge in [0.15, 0.2) is 11.5 Å². The zero-order valence-corrected chi connectivity index (χ0v) is 7.32. The van der Waals surface area contributed by atoms with Crippen LogP contribution in [0.3, 0.4) is 0 Å². The molecule has 1 aromatic rings. The minimum Gasteiger partial charge on any atom is -0.321 e.